The van der Waals surface area contributed by atoms with Crippen LogP contribution in [0.4, 0.5) is 10.5 Å². The summed E-state index contributed by atoms with van der Waals surface area (Å²) >= 11 is 0. The number of hydrogen-bond acceptors (Lipinski definition) is 4. The summed E-state index contributed by atoms with van der Waals surface area (Å²) in [6.07, 6.45) is 0. The zero-order valence-corrected chi connectivity index (χ0v) is 15.6. The SMILES string of the molecule is CCNC(=O)NC(=O)[C@H](C)Nc1ccc2c(c1)nc(C)n2-c1ccccc1. The van der Waals surface area contributed by atoms with Crippen LogP contribution in [0.25, 0.3) is 16.7 Å². The van der Waals surface area contributed by atoms with Crippen molar-refractivity contribution in [1.29, 1.82) is 0 Å². The molecule has 0 aliphatic heterocycles. The standard InChI is InChI=1S/C20H23N5O2/c1-4-21-20(27)24-19(26)13(2)22-15-10-11-18-17(12-15)23-14(3)25(18)16-8-6-5-7-9-16/h5-13,22H,4H2,1-3H3,(H2,21,24,26,27)/t13-/m0/s1. The molecule has 0 fully saturated rings. The zero-order chi connectivity index (χ0) is 19.4. The second-order valence-electron chi connectivity index (χ2n) is 6.25. The lowest BCUT2D eigenvalue weighted by Gasteiger charge is -2.15. The minimum atomic E-state index is -0.567. The lowest BCUT2D eigenvalue weighted by Crippen LogP contribution is -2.45. The molecule has 7 nitrogen and oxygen atoms in total. The second-order valence-corrected chi connectivity index (χ2v) is 6.25. The molecule has 0 saturated carbocycles. The van der Waals surface area contributed by atoms with Crippen LogP contribution in [0.3, 0.4) is 0 Å². The number of aryl methyl sites for hydroxylation is 1. The fourth-order valence-corrected chi connectivity index (χ4v) is 2.93. The van der Waals surface area contributed by atoms with E-state index in [-0.39, 0.29) is 0 Å². The van der Waals surface area contributed by atoms with E-state index in [2.05, 4.69) is 25.5 Å². The Bertz CT molecular complexity index is 965. The predicted molar refractivity (Wildman–Crippen MR) is 106 cm³/mol. The quantitative estimate of drug-likeness (QED) is 0.649. The van der Waals surface area contributed by atoms with Crippen molar-refractivity contribution in [3.05, 3.63) is 54.4 Å². The summed E-state index contributed by atoms with van der Waals surface area (Å²) < 4.78 is 2.09. The Labute approximate surface area is 157 Å². The number of carbonyl (C=O) groups excluding carboxylic acids is 2. The number of anilines is 1. The third kappa shape index (κ3) is 4.08. The first kappa shape index (κ1) is 18.4. The fourth-order valence-electron chi connectivity index (χ4n) is 2.93. The number of aromatic nitrogens is 2. The second kappa shape index (κ2) is 7.90. The van der Waals surface area contributed by atoms with Crippen LogP contribution in [-0.4, -0.2) is 34.1 Å². The molecule has 1 heterocycles. The summed E-state index contributed by atoms with van der Waals surface area (Å²) in [6, 6.07) is 14.7. The third-order valence-electron chi connectivity index (χ3n) is 4.19. The molecule has 2 aromatic carbocycles. The summed E-state index contributed by atoms with van der Waals surface area (Å²) in [5.74, 6) is 0.488. The number of urea groups is 1. The van der Waals surface area contributed by atoms with Crippen molar-refractivity contribution >= 4 is 28.7 Å². The van der Waals surface area contributed by atoms with Crippen molar-refractivity contribution in [3.63, 3.8) is 0 Å². The number of nitrogens with zero attached hydrogens (tertiary/aromatic N) is 2. The van der Waals surface area contributed by atoms with Gasteiger partial charge in [-0.25, -0.2) is 9.78 Å². The van der Waals surface area contributed by atoms with Gasteiger partial charge in [0, 0.05) is 17.9 Å². The molecule has 0 spiro atoms. The molecular formula is C20H23N5O2. The molecule has 0 saturated heterocycles. The Hall–Kier alpha value is -3.35. The summed E-state index contributed by atoms with van der Waals surface area (Å²) in [4.78, 5) is 28.2. The highest BCUT2D eigenvalue weighted by Crippen LogP contribution is 2.24. The van der Waals surface area contributed by atoms with Gasteiger partial charge in [0.1, 0.15) is 11.9 Å². The van der Waals surface area contributed by atoms with Gasteiger partial charge in [0.25, 0.3) is 0 Å². The molecule has 0 aliphatic carbocycles. The highest BCUT2D eigenvalue weighted by molar-refractivity contribution is 5.98. The van der Waals surface area contributed by atoms with E-state index in [1.165, 1.54) is 0 Å². The number of imide groups is 1. The number of fused-ring (bicyclic) bond motifs is 1. The van der Waals surface area contributed by atoms with Gasteiger partial charge in [-0.2, -0.15) is 0 Å². The van der Waals surface area contributed by atoms with Crippen molar-refractivity contribution in [2.24, 2.45) is 0 Å². The summed E-state index contributed by atoms with van der Waals surface area (Å²) in [6.45, 7) is 5.91. The molecule has 3 rings (SSSR count). The average Bonchev–Trinajstić information content (AvgIpc) is 2.97. The maximum Gasteiger partial charge on any atom is 0.321 e. The molecule has 1 atom stereocenters. The molecule has 3 aromatic rings. The molecular weight excluding hydrogens is 342 g/mol. The first-order valence-corrected chi connectivity index (χ1v) is 8.89. The highest BCUT2D eigenvalue weighted by atomic mass is 16.2. The Balaban J connectivity index is 1.80. The minimum absolute atomic E-state index is 0.396. The predicted octanol–water partition coefficient (Wildman–Crippen LogP) is 2.98. The molecule has 27 heavy (non-hydrogen) atoms. The van der Waals surface area contributed by atoms with E-state index in [1.54, 1.807) is 13.8 Å². The number of amides is 3. The van der Waals surface area contributed by atoms with Gasteiger partial charge < -0.3 is 10.6 Å². The number of nitrogens with one attached hydrogen (secondary N) is 3. The van der Waals surface area contributed by atoms with Gasteiger partial charge in [-0.1, -0.05) is 18.2 Å². The van der Waals surface area contributed by atoms with Crippen LogP contribution in [0.1, 0.15) is 19.7 Å². The average molecular weight is 365 g/mol. The third-order valence-corrected chi connectivity index (χ3v) is 4.19. The number of para-hydroxylation sites is 1. The van der Waals surface area contributed by atoms with Gasteiger partial charge >= 0.3 is 6.03 Å². The largest absolute Gasteiger partial charge is 0.374 e. The van der Waals surface area contributed by atoms with Crippen LogP contribution in [0.15, 0.2) is 48.5 Å². The van der Waals surface area contributed by atoms with Crippen molar-refractivity contribution in [3.8, 4) is 5.69 Å². The molecule has 0 bridgehead atoms. The van der Waals surface area contributed by atoms with Gasteiger partial charge in [0.15, 0.2) is 0 Å². The minimum Gasteiger partial charge on any atom is -0.374 e. The van der Waals surface area contributed by atoms with E-state index in [4.69, 9.17) is 0 Å². The van der Waals surface area contributed by atoms with Gasteiger partial charge in [0.05, 0.1) is 11.0 Å². The van der Waals surface area contributed by atoms with E-state index in [0.29, 0.717) is 6.54 Å². The summed E-state index contributed by atoms with van der Waals surface area (Å²) in [7, 11) is 0. The fraction of sp³-hybridized carbons (Fsp3) is 0.250. The van der Waals surface area contributed by atoms with Gasteiger partial charge in [-0.05, 0) is 51.1 Å². The topological polar surface area (TPSA) is 88.1 Å². The Morgan fingerprint density at radius 3 is 2.59 bits per heavy atom. The Morgan fingerprint density at radius 1 is 1.15 bits per heavy atom. The Kier molecular flexibility index (Phi) is 5.40. The summed E-state index contributed by atoms with van der Waals surface area (Å²) in [5.41, 5.74) is 3.63. The smallest absolute Gasteiger partial charge is 0.321 e. The van der Waals surface area contributed by atoms with E-state index < -0.39 is 18.0 Å². The first-order valence-electron chi connectivity index (χ1n) is 8.89. The maximum atomic E-state index is 12.1. The number of imidazole rings is 1. The van der Waals surface area contributed by atoms with E-state index in [0.717, 1.165) is 28.2 Å². The van der Waals surface area contributed by atoms with E-state index in [1.807, 2.05) is 55.5 Å². The van der Waals surface area contributed by atoms with Crippen LogP contribution in [0, 0.1) is 6.92 Å². The monoisotopic (exact) mass is 365 g/mol. The van der Waals surface area contributed by atoms with Crippen LogP contribution in [-0.2, 0) is 4.79 Å². The molecule has 0 aliphatic rings. The molecule has 3 N–H and O–H groups in total. The van der Waals surface area contributed by atoms with Crippen LogP contribution in [0.5, 0.6) is 0 Å². The molecule has 1 aromatic heterocycles. The zero-order valence-electron chi connectivity index (χ0n) is 15.6. The molecule has 0 unspecified atom stereocenters. The van der Waals surface area contributed by atoms with Crippen LogP contribution >= 0.6 is 0 Å². The molecule has 140 valence electrons. The van der Waals surface area contributed by atoms with Crippen LogP contribution in [0.2, 0.25) is 0 Å². The lowest BCUT2D eigenvalue weighted by molar-refractivity contribution is -0.120. The highest BCUT2D eigenvalue weighted by Gasteiger charge is 2.16. The van der Waals surface area contributed by atoms with Crippen molar-refractivity contribution < 1.29 is 9.59 Å². The van der Waals surface area contributed by atoms with Gasteiger partial charge in [0.2, 0.25) is 5.91 Å². The number of carbonyl (C=O) groups is 2. The van der Waals surface area contributed by atoms with Crippen molar-refractivity contribution in [2.45, 2.75) is 26.8 Å². The van der Waals surface area contributed by atoms with Gasteiger partial charge in [-0.3, -0.25) is 14.7 Å². The molecule has 0 radical (unpaired) electrons. The van der Waals surface area contributed by atoms with Crippen molar-refractivity contribution in [1.82, 2.24) is 20.2 Å². The number of benzene rings is 2. The maximum absolute atomic E-state index is 12.1. The number of rotatable bonds is 5. The lowest BCUT2D eigenvalue weighted by atomic mass is 10.2. The molecule has 3 amide bonds. The summed E-state index contributed by atoms with van der Waals surface area (Å²) in [5, 5.41) is 7.94. The first-order chi connectivity index (χ1) is 13.0. The Morgan fingerprint density at radius 2 is 1.89 bits per heavy atom. The molecule has 7 heteroatoms. The van der Waals surface area contributed by atoms with Crippen LogP contribution < -0.4 is 16.0 Å². The van der Waals surface area contributed by atoms with Crippen molar-refractivity contribution in [2.75, 3.05) is 11.9 Å². The number of hydrogen-bond donors (Lipinski definition) is 3. The van der Waals surface area contributed by atoms with Gasteiger partial charge in [-0.15, -0.1) is 0 Å². The normalized spacial score (nSPS) is 11.8. The van der Waals surface area contributed by atoms with E-state index in [9.17, 15) is 9.59 Å². The van der Waals surface area contributed by atoms with E-state index >= 15 is 0 Å².